The first kappa shape index (κ1) is 12.8. The summed E-state index contributed by atoms with van der Waals surface area (Å²) >= 11 is 0. The molecule has 8 heteroatoms. The minimum Gasteiger partial charge on any atom is -0.317 e. The monoisotopic (exact) mass is 239 g/mol. The second-order valence-corrected chi connectivity index (χ2v) is 3.47. The molecule has 0 spiro atoms. The average Bonchev–Trinajstić information content (AvgIpc) is 2.25. The number of hydrogen-bond acceptors (Lipinski definition) is 3. The summed E-state index contributed by atoms with van der Waals surface area (Å²) in [6.07, 6.45) is -3.89. The first-order valence-electron chi connectivity index (χ1n) is 4.79. The highest BCUT2D eigenvalue weighted by molar-refractivity contribution is 5.86. The molecular weight excluding hydrogens is 227 g/mol. The van der Waals surface area contributed by atoms with Crippen LogP contribution in [0, 0.1) is 5.92 Å². The number of halogens is 3. The van der Waals surface area contributed by atoms with E-state index in [4.69, 9.17) is 0 Å². The summed E-state index contributed by atoms with van der Waals surface area (Å²) in [4.78, 5) is 21.7. The van der Waals surface area contributed by atoms with Crippen LogP contribution in [0.1, 0.15) is 12.8 Å². The number of hydrazine groups is 1. The molecule has 92 valence electrons. The molecule has 1 saturated heterocycles. The zero-order valence-electron chi connectivity index (χ0n) is 8.36. The Morgan fingerprint density at radius 3 is 2.19 bits per heavy atom. The SMILES string of the molecule is O=C(NNC(=O)C(F)(F)F)C1CCNCC1. The van der Waals surface area contributed by atoms with E-state index in [2.05, 4.69) is 5.32 Å². The van der Waals surface area contributed by atoms with Crippen LogP contribution in [0.4, 0.5) is 13.2 Å². The lowest BCUT2D eigenvalue weighted by molar-refractivity contribution is -0.175. The molecule has 0 unspecified atom stereocenters. The lowest BCUT2D eigenvalue weighted by atomic mass is 9.98. The molecule has 1 aliphatic heterocycles. The summed E-state index contributed by atoms with van der Waals surface area (Å²) in [5.74, 6) is -3.11. The van der Waals surface area contributed by atoms with Gasteiger partial charge in [-0.1, -0.05) is 0 Å². The van der Waals surface area contributed by atoms with E-state index in [9.17, 15) is 22.8 Å². The largest absolute Gasteiger partial charge is 0.472 e. The van der Waals surface area contributed by atoms with Gasteiger partial charge >= 0.3 is 12.1 Å². The zero-order valence-corrected chi connectivity index (χ0v) is 8.36. The normalized spacial score (nSPS) is 17.9. The zero-order chi connectivity index (χ0) is 12.2. The Kier molecular flexibility index (Phi) is 4.11. The highest BCUT2D eigenvalue weighted by Gasteiger charge is 2.39. The lowest BCUT2D eigenvalue weighted by Gasteiger charge is -2.21. The molecule has 0 bridgehead atoms. The van der Waals surface area contributed by atoms with E-state index in [1.807, 2.05) is 0 Å². The van der Waals surface area contributed by atoms with E-state index in [1.165, 1.54) is 5.43 Å². The van der Waals surface area contributed by atoms with Crippen LogP contribution in [0.15, 0.2) is 0 Å². The third-order valence-electron chi connectivity index (χ3n) is 2.27. The summed E-state index contributed by atoms with van der Waals surface area (Å²) in [7, 11) is 0. The Bertz CT molecular complexity index is 274. The lowest BCUT2D eigenvalue weighted by Crippen LogP contribution is -2.50. The van der Waals surface area contributed by atoms with E-state index >= 15 is 0 Å². The topological polar surface area (TPSA) is 70.2 Å². The number of carbonyl (C=O) groups excluding carboxylic acids is 2. The molecule has 16 heavy (non-hydrogen) atoms. The molecule has 0 aliphatic carbocycles. The molecule has 1 fully saturated rings. The van der Waals surface area contributed by atoms with Crippen LogP contribution in [-0.4, -0.2) is 31.1 Å². The minimum atomic E-state index is -4.98. The van der Waals surface area contributed by atoms with Gasteiger partial charge in [0.25, 0.3) is 0 Å². The average molecular weight is 239 g/mol. The van der Waals surface area contributed by atoms with Crippen molar-refractivity contribution in [2.75, 3.05) is 13.1 Å². The van der Waals surface area contributed by atoms with Crippen molar-refractivity contribution in [3.8, 4) is 0 Å². The van der Waals surface area contributed by atoms with Crippen molar-refractivity contribution in [2.45, 2.75) is 19.0 Å². The predicted molar refractivity (Wildman–Crippen MR) is 47.9 cm³/mol. The van der Waals surface area contributed by atoms with E-state index < -0.39 is 18.0 Å². The van der Waals surface area contributed by atoms with Gasteiger partial charge in [-0.25, -0.2) is 0 Å². The van der Waals surface area contributed by atoms with Crippen molar-refractivity contribution in [1.29, 1.82) is 0 Å². The van der Waals surface area contributed by atoms with Crippen molar-refractivity contribution in [1.82, 2.24) is 16.2 Å². The Balaban J connectivity index is 2.32. The number of amides is 2. The van der Waals surface area contributed by atoms with Crippen LogP contribution in [0.25, 0.3) is 0 Å². The van der Waals surface area contributed by atoms with Gasteiger partial charge in [0.1, 0.15) is 0 Å². The third kappa shape index (κ3) is 3.69. The number of alkyl halides is 3. The fraction of sp³-hybridized carbons (Fsp3) is 0.750. The molecule has 0 radical (unpaired) electrons. The molecule has 1 rings (SSSR count). The molecule has 0 aromatic heterocycles. The Morgan fingerprint density at radius 1 is 1.12 bits per heavy atom. The Labute approximate surface area is 89.7 Å². The highest BCUT2D eigenvalue weighted by atomic mass is 19.4. The summed E-state index contributed by atoms with van der Waals surface area (Å²) < 4.78 is 35.3. The van der Waals surface area contributed by atoms with E-state index in [0.29, 0.717) is 25.9 Å². The molecule has 3 N–H and O–H groups in total. The smallest absolute Gasteiger partial charge is 0.317 e. The fourth-order valence-corrected chi connectivity index (χ4v) is 1.38. The molecule has 1 heterocycles. The Morgan fingerprint density at radius 2 is 1.69 bits per heavy atom. The van der Waals surface area contributed by atoms with Crippen LogP contribution in [-0.2, 0) is 9.59 Å². The third-order valence-corrected chi connectivity index (χ3v) is 2.27. The summed E-state index contributed by atoms with van der Waals surface area (Å²) in [5, 5.41) is 3.01. The summed E-state index contributed by atoms with van der Waals surface area (Å²) in [5.41, 5.74) is 3.11. The van der Waals surface area contributed by atoms with Crippen molar-refractivity contribution in [3.63, 3.8) is 0 Å². The van der Waals surface area contributed by atoms with Crippen LogP contribution < -0.4 is 16.2 Å². The first-order valence-corrected chi connectivity index (χ1v) is 4.79. The maximum absolute atomic E-state index is 11.8. The summed E-state index contributed by atoms with van der Waals surface area (Å²) in [6, 6.07) is 0. The van der Waals surface area contributed by atoms with Gasteiger partial charge in [0.2, 0.25) is 5.91 Å². The molecule has 0 saturated carbocycles. The van der Waals surface area contributed by atoms with Gasteiger partial charge in [-0.3, -0.25) is 20.4 Å². The van der Waals surface area contributed by atoms with Crippen LogP contribution in [0.5, 0.6) is 0 Å². The molecule has 1 aliphatic rings. The predicted octanol–water partition coefficient (Wildman–Crippen LogP) is -0.304. The van der Waals surface area contributed by atoms with Crippen molar-refractivity contribution < 1.29 is 22.8 Å². The van der Waals surface area contributed by atoms with Gasteiger partial charge in [0.05, 0.1) is 0 Å². The standard InChI is InChI=1S/C8H12F3N3O2/c9-8(10,11)7(16)14-13-6(15)5-1-3-12-4-2-5/h5,12H,1-4H2,(H,13,15)(H,14,16). The van der Waals surface area contributed by atoms with E-state index in [0.717, 1.165) is 0 Å². The van der Waals surface area contributed by atoms with Gasteiger partial charge in [0.15, 0.2) is 0 Å². The molecule has 2 amide bonds. The Hall–Kier alpha value is -1.31. The van der Waals surface area contributed by atoms with Crippen LogP contribution >= 0.6 is 0 Å². The van der Waals surface area contributed by atoms with E-state index in [-0.39, 0.29) is 5.92 Å². The second kappa shape index (κ2) is 5.15. The molecule has 0 aromatic rings. The van der Waals surface area contributed by atoms with Gasteiger partial charge in [-0.2, -0.15) is 13.2 Å². The van der Waals surface area contributed by atoms with E-state index in [1.54, 1.807) is 5.43 Å². The van der Waals surface area contributed by atoms with Crippen LogP contribution in [0.3, 0.4) is 0 Å². The van der Waals surface area contributed by atoms with Crippen LogP contribution in [0.2, 0.25) is 0 Å². The highest BCUT2D eigenvalue weighted by Crippen LogP contribution is 2.14. The maximum atomic E-state index is 11.8. The number of hydrogen-bond donors (Lipinski definition) is 3. The fourth-order valence-electron chi connectivity index (χ4n) is 1.38. The van der Waals surface area contributed by atoms with Gasteiger partial charge in [0, 0.05) is 5.92 Å². The number of piperidine rings is 1. The summed E-state index contributed by atoms with van der Waals surface area (Å²) in [6.45, 7) is 1.29. The minimum absolute atomic E-state index is 0.352. The quantitative estimate of drug-likeness (QED) is 0.550. The molecular formula is C8H12F3N3O2. The first-order chi connectivity index (χ1) is 7.41. The van der Waals surface area contributed by atoms with Gasteiger partial charge in [-0.15, -0.1) is 0 Å². The maximum Gasteiger partial charge on any atom is 0.472 e. The van der Waals surface area contributed by atoms with Gasteiger partial charge < -0.3 is 5.32 Å². The second-order valence-electron chi connectivity index (χ2n) is 3.47. The van der Waals surface area contributed by atoms with Crippen molar-refractivity contribution in [2.24, 2.45) is 5.92 Å². The molecule has 0 atom stereocenters. The van der Waals surface area contributed by atoms with Crippen molar-refractivity contribution in [3.05, 3.63) is 0 Å². The molecule has 0 aromatic carbocycles. The number of rotatable bonds is 1. The number of carbonyl (C=O) groups is 2. The number of nitrogens with one attached hydrogen (secondary N) is 3. The molecule has 5 nitrogen and oxygen atoms in total. The van der Waals surface area contributed by atoms with Gasteiger partial charge in [-0.05, 0) is 25.9 Å². The van der Waals surface area contributed by atoms with Crippen molar-refractivity contribution >= 4 is 11.8 Å².